The number of hydrogen-bond acceptors (Lipinski definition) is 3. The van der Waals surface area contributed by atoms with Crippen LogP contribution in [0.5, 0.6) is 0 Å². The van der Waals surface area contributed by atoms with Gasteiger partial charge in [-0.25, -0.2) is 0 Å². The van der Waals surface area contributed by atoms with Crippen molar-refractivity contribution in [1.29, 1.82) is 0 Å². The van der Waals surface area contributed by atoms with Gasteiger partial charge in [0, 0.05) is 24.6 Å². The van der Waals surface area contributed by atoms with E-state index in [1.165, 1.54) is 5.56 Å². The molecule has 0 aliphatic carbocycles. The number of benzene rings is 1. The van der Waals surface area contributed by atoms with Gasteiger partial charge in [0.05, 0.1) is 0 Å². The van der Waals surface area contributed by atoms with Gasteiger partial charge in [0.1, 0.15) is 6.04 Å². The number of carbonyl (C=O) groups excluding carboxylic acids is 1. The lowest BCUT2D eigenvalue weighted by Crippen LogP contribution is -2.42. The summed E-state index contributed by atoms with van der Waals surface area (Å²) >= 11 is 1.77. The molecule has 0 radical (unpaired) electrons. The first-order valence-electron chi connectivity index (χ1n) is 6.60. The molecule has 3 nitrogen and oxygen atoms in total. The zero-order valence-corrected chi connectivity index (χ0v) is 11.8. The van der Waals surface area contributed by atoms with Crippen LogP contribution in [0.4, 0.5) is 0 Å². The third-order valence-electron chi connectivity index (χ3n) is 3.15. The van der Waals surface area contributed by atoms with Crippen LogP contribution < -0.4 is 10.6 Å². The summed E-state index contributed by atoms with van der Waals surface area (Å²) in [6, 6.07) is 7.97. The molecule has 4 heteroatoms. The SMILES string of the molecule is C=CCSCCNC(=O)C1NCCc2ccccc21. The predicted octanol–water partition coefficient (Wildman–Crippen LogP) is 1.91. The van der Waals surface area contributed by atoms with E-state index >= 15 is 0 Å². The molecule has 1 unspecified atom stereocenters. The Balaban J connectivity index is 1.88. The van der Waals surface area contributed by atoms with Crippen LogP contribution in [-0.4, -0.2) is 30.5 Å². The van der Waals surface area contributed by atoms with Gasteiger partial charge in [-0.3, -0.25) is 4.79 Å². The summed E-state index contributed by atoms with van der Waals surface area (Å²) in [6.07, 6.45) is 2.88. The molecule has 0 aromatic heterocycles. The van der Waals surface area contributed by atoms with Crippen molar-refractivity contribution in [2.45, 2.75) is 12.5 Å². The van der Waals surface area contributed by atoms with Crippen LogP contribution in [0.2, 0.25) is 0 Å². The number of fused-ring (bicyclic) bond motifs is 1. The molecule has 0 saturated heterocycles. The van der Waals surface area contributed by atoms with Crippen molar-refractivity contribution >= 4 is 17.7 Å². The quantitative estimate of drug-likeness (QED) is 0.616. The van der Waals surface area contributed by atoms with Gasteiger partial charge in [-0.1, -0.05) is 30.3 Å². The molecule has 2 rings (SSSR count). The lowest BCUT2D eigenvalue weighted by molar-refractivity contribution is -0.123. The second-order valence-electron chi connectivity index (χ2n) is 4.49. The van der Waals surface area contributed by atoms with Crippen molar-refractivity contribution < 1.29 is 4.79 Å². The van der Waals surface area contributed by atoms with Crippen molar-refractivity contribution in [3.63, 3.8) is 0 Å². The Kier molecular flexibility index (Phi) is 5.48. The van der Waals surface area contributed by atoms with Crippen molar-refractivity contribution in [1.82, 2.24) is 10.6 Å². The summed E-state index contributed by atoms with van der Waals surface area (Å²) in [5.41, 5.74) is 2.40. The molecular formula is C15H20N2OS. The Morgan fingerprint density at radius 1 is 1.53 bits per heavy atom. The molecule has 1 amide bonds. The number of thioether (sulfide) groups is 1. The second-order valence-corrected chi connectivity index (χ2v) is 5.64. The highest BCUT2D eigenvalue weighted by Crippen LogP contribution is 2.22. The molecule has 2 N–H and O–H groups in total. The van der Waals surface area contributed by atoms with E-state index in [4.69, 9.17) is 0 Å². The van der Waals surface area contributed by atoms with Crippen LogP contribution in [0.15, 0.2) is 36.9 Å². The van der Waals surface area contributed by atoms with Gasteiger partial charge in [0.2, 0.25) is 5.91 Å². The molecule has 1 aliphatic rings. The molecule has 0 spiro atoms. The zero-order valence-electron chi connectivity index (χ0n) is 11.0. The Bertz CT molecular complexity index is 448. The first-order chi connectivity index (χ1) is 9.33. The fourth-order valence-corrected chi connectivity index (χ4v) is 2.83. The normalized spacial score (nSPS) is 17.6. The summed E-state index contributed by atoms with van der Waals surface area (Å²) < 4.78 is 0. The molecule has 19 heavy (non-hydrogen) atoms. The number of nitrogens with one attached hydrogen (secondary N) is 2. The summed E-state index contributed by atoms with van der Waals surface area (Å²) in [6.45, 7) is 5.24. The molecule has 0 bridgehead atoms. The van der Waals surface area contributed by atoms with Crippen LogP contribution in [0.3, 0.4) is 0 Å². The van der Waals surface area contributed by atoms with E-state index in [0.29, 0.717) is 6.54 Å². The first kappa shape index (κ1) is 14.2. The highest BCUT2D eigenvalue weighted by molar-refractivity contribution is 7.99. The molecule has 0 saturated carbocycles. The molecule has 1 atom stereocenters. The third-order valence-corrected chi connectivity index (χ3v) is 4.12. The average molecular weight is 276 g/mol. The lowest BCUT2D eigenvalue weighted by Gasteiger charge is -2.26. The Morgan fingerprint density at radius 3 is 3.21 bits per heavy atom. The molecule has 1 aromatic rings. The van der Waals surface area contributed by atoms with Gasteiger partial charge in [0.15, 0.2) is 0 Å². The standard InChI is InChI=1S/C15H20N2OS/c1-2-10-19-11-9-17-15(18)14-13-6-4-3-5-12(13)7-8-16-14/h2-6,14,16H,1,7-11H2,(H,17,18). The van der Waals surface area contributed by atoms with E-state index in [2.05, 4.69) is 23.3 Å². The maximum atomic E-state index is 12.2. The third kappa shape index (κ3) is 3.85. The highest BCUT2D eigenvalue weighted by Gasteiger charge is 2.25. The predicted molar refractivity (Wildman–Crippen MR) is 81.4 cm³/mol. The Labute approximate surface area is 118 Å². The number of carbonyl (C=O) groups is 1. The minimum Gasteiger partial charge on any atom is -0.354 e. The summed E-state index contributed by atoms with van der Waals surface area (Å²) in [7, 11) is 0. The van der Waals surface area contributed by atoms with Gasteiger partial charge in [-0.05, 0) is 17.5 Å². The average Bonchev–Trinajstić information content (AvgIpc) is 2.46. The van der Waals surface area contributed by atoms with Crippen molar-refractivity contribution in [2.24, 2.45) is 0 Å². The number of rotatable bonds is 6. The summed E-state index contributed by atoms with van der Waals surface area (Å²) in [5, 5.41) is 6.29. The van der Waals surface area contributed by atoms with Crippen molar-refractivity contribution in [2.75, 3.05) is 24.6 Å². The molecule has 102 valence electrons. The monoisotopic (exact) mass is 276 g/mol. The first-order valence-corrected chi connectivity index (χ1v) is 7.76. The van der Waals surface area contributed by atoms with Gasteiger partial charge in [-0.2, -0.15) is 11.8 Å². The van der Waals surface area contributed by atoms with Crippen LogP contribution in [0, 0.1) is 0 Å². The molecule has 1 aromatic carbocycles. The van der Waals surface area contributed by atoms with Crippen LogP contribution >= 0.6 is 11.8 Å². The Hall–Kier alpha value is -1.26. The fraction of sp³-hybridized carbons (Fsp3) is 0.400. The lowest BCUT2D eigenvalue weighted by atomic mass is 9.94. The van der Waals surface area contributed by atoms with Crippen molar-refractivity contribution in [3.8, 4) is 0 Å². The largest absolute Gasteiger partial charge is 0.354 e. The summed E-state index contributed by atoms with van der Waals surface area (Å²) in [4.78, 5) is 12.2. The van der Waals surface area contributed by atoms with Crippen LogP contribution in [0.25, 0.3) is 0 Å². The zero-order chi connectivity index (χ0) is 13.5. The Morgan fingerprint density at radius 2 is 2.37 bits per heavy atom. The molecule has 1 aliphatic heterocycles. The van der Waals surface area contributed by atoms with Crippen LogP contribution in [-0.2, 0) is 11.2 Å². The van der Waals surface area contributed by atoms with E-state index < -0.39 is 0 Å². The highest BCUT2D eigenvalue weighted by atomic mass is 32.2. The summed E-state index contributed by atoms with van der Waals surface area (Å²) in [5.74, 6) is 1.93. The van der Waals surface area contributed by atoms with E-state index in [9.17, 15) is 4.79 Å². The second kappa shape index (κ2) is 7.36. The molecule has 1 heterocycles. The van der Waals surface area contributed by atoms with Gasteiger partial charge in [0.25, 0.3) is 0 Å². The number of amides is 1. The maximum Gasteiger partial charge on any atom is 0.241 e. The topological polar surface area (TPSA) is 41.1 Å². The maximum absolute atomic E-state index is 12.2. The minimum atomic E-state index is -0.200. The van der Waals surface area contributed by atoms with Gasteiger partial charge < -0.3 is 10.6 Å². The smallest absolute Gasteiger partial charge is 0.241 e. The number of hydrogen-bond donors (Lipinski definition) is 2. The van der Waals surface area contributed by atoms with E-state index in [-0.39, 0.29) is 11.9 Å². The molecular weight excluding hydrogens is 256 g/mol. The van der Waals surface area contributed by atoms with Crippen molar-refractivity contribution in [3.05, 3.63) is 48.0 Å². The minimum absolute atomic E-state index is 0.0753. The van der Waals surface area contributed by atoms with E-state index in [1.807, 2.05) is 24.3 Å². The molecule has 0 fully saturated rings. The van der Waals surface area contributed by atoms with E-state index in [0.717, 1.165) is 30.0 Å². The fourth-order valence-electron chi connectivity index (χ4n) is 2.25. The van der Waals surface area contributed by atoms with Crippen LogP contribution in [0.1, 0.15) is 17.2 Å². The van der Waals surface area contributed by atoms with E-state index in [1.54, 1.807) is 11.8 Å². The van der Waals surface area contributed by atoms with Gasteiger partial charge >= 0.3 is 0 Å². The van der Waals surface area contributed by atoms with Gasteiger partial charge in [-0.15, -0.1) is 6.58 Å².